The molecule has 0 aliphatic carbocycles. The predicted octanol–water partition coefficient (Wildman–Crippen LogP) is 2.50. The second-order valence-electron chi connectivity index (χ2n) is 7.39. The molecule has 0 radical (unpaired) electrons. The van der Waals surface area contributed by atoms with Crippen LogP contribution >= 0.6 is 0 Å². The second kappa shape index (κ2) is 9.17. The number of carbonyl (C=O) groups is 2. The van der Waals surface area contributed by atoms with Crippen LogP contribution in [0, 0.1) is 5.92 Å². The minimum Gasteiger partial charge on any atom is -0.466 e. The van der Waals surface area contributed by atoms with Gasteiger partial charge < -0.3 is 9.64 Å². The Morgan fingerprint density at radius 1 is 1.12 bits per heavy atom. The predicted molar refractivity (Wildman–Crippen MR) is 101 cm³/mol. The summed E-state index contributed by atoms with van der Waals surface area (Å²) in [5.74, 6) is -0.168. The molecule has 2 fully saturated rings. The first-order valence-electron chi connectivity index (χ1n) is 9.89. The van der Waals surface area contributed by atoms with Crippen LogP contribution in [0.15, 0.2) is 30.3 Å². The van der Waals surface area contributed by atoms with Gasteiger partial charge in [0.2, 0.25) is 5.91 Å². The number of ether oxygens (including phenoxy) is 1. The Morgan fingerprint density at radius 2 is 1.88 bits per heavy atom. The molecule has 5 heteroatoms. The highest BCUT2D eigenvalue weighted by Crippen LogP contribution is 2.23. The van der Waals surface area contributed by atoms with Gasteiger partial charge in [-0.25, -0.2) is 0 Å². The van der Waals surface area contributed by atoms with Crippen LogP contribution < -0.4 is 0 Å². The van der Waals surface area contributed by atoms with Crippen molar-refractivity contribution in [1.82, 2.24) is 9.80 Å². The molecule has 0 aromatic heterocycles. The van der Waals surface area contributed by atoms with Crippen LogP contribution in [0.2, 0.25) is 0 Å². The number of carbonyl (C=O) groups excluding carboxylic acids is 2. The summed E-state index contributed by atoms with van der Waals surface area (Å²) in [6.45, 7) is 4.94. The molecule has 2 heterocycles. The van der Waals surface area contributed by atoms with Crippen LogP contribution in [0.3, 0.4) is 0 Å². The van der Waals surface area contributed by atoms with Gasteiger partial charge >= 0.3 is 5.97 Å². The molecule has 0 bridgehead atoms. The van der Waals surface area contributed by atoms with Gasteiger partial charge in [0.1, 0.15) is 0 Å². The van der Waals surface area contributed by atoms with E-state index in [1.54, 1.807) is 0 Å². The number of nitrogens with zero attached hydrogens (tertiary/aromatic N) is 2. The highest BCUT2D eigenvalue weighted by atomic mass is 16.5. The highest BCUT2D eigenvalue weighted by molar-refractivity contribution is 5.80. The molecule has 2 aliphatic rings. The van der Waals surface area contributed by atoms with E-state index in [1.807, 2.05) is 17.9 Å². The fraction of sp³-hybridized carbons (Fsp3) is 0.619. The molecule has 142 valence electrons. The van der Waals surface area contributed by atoms with Crippen molar-refractivity contribution < 1.29 is 14.3 Å². The second-order valence-corrected chi connectivity index (χ2v) is 7.39. The van der Waals surface area contributed by atoms with Gasteiger partial charge in [0.25, 0.3) is 0 Å². The minimum absolute atomic E-state index is 0.152. The molecule has 1 aromatic carbocycles. The number of rotatable bonds is 6. The van der Waals surface area contributed by atoms with E-state index in [0.717, 1.165) is 45.2 Å². The molecule has 26 heavy (non-hydrogen) atoms. The third kappa shape index (κ3) is 4.85. The van der Waals surface area contributed by atoms with Gasteiger partial charge in [0, 0.05) is 19.1 Å². The molecule has 2 atom stereocenters. The molecule has 5 nitrogen and oxygen atoms in total. The number of esters is 1. The molecule has 3 rings (SSSR count). The van der Waals surface area contributed by atoms with Gasteiger partial charge in [-0.3, -0.25) is 14.5 Å². The third-order valence-corrected chi connectivity index (χ3v) is 5.55. The fourth-order valence-electron chi connectivity index (χ4n) is 4.15. The minimum atomic E-state index is -0.161. The van der Waals surface area contributed by atoms with Crippen LogP contribution in [0.4, 0.5) is 0 Å². The van der Waals surface area contributed by atoms with Crippen molar-refractivity contribution in [2.75, 3.05) is 32.8 Å². The number of amides is 1. The molecule has 2 saturated heterocycles. The first kappa shape index (κ1) is 18.9. The van der Waals surface area contributed by atoms with Crippen molar-refractivity contribution in [2.45, 2.75) is 45.1 Å². The Kier molecular flexibility index (Phi) is 6.67. The third-order valence-electron chi connectivity index (χ3n) is 5.55. The standard InChI is InChI=1S/C21H30N2O3/c1-2-26-21(25)18-10-6-13-23(15-18)20(24)16-22-12-7-11-19(22)14-17-8-4-3-5-9-17/h3-5,8-9,18-19H,2,6-7,10-16H2,1H3. The van der Waals surface area contributed by atoms with E-state index in [1.165, 1.54) is 5.56 Å². The summed E-state index contributed by atoms with van der Waals surface area (Å²) in [5, 5.41) is 0. The van der Waals surface area contributed by atoms with Crippen molar-refractivity contribution in [3.05, 3.63) is 35.9 Å². The number of benzene rings is 1. The van der Waals surface area contributed by atoms with Gasteiger partial charge in [0.15, 0.2) is 0 Å². The quantitative estimate of drug-likeness (QED) is 0.733. The van der Waals surface area contributed by atoms with Crippen LogP contribution in [0.5, 0.6) is 0 Å². The number of hydrogen-bond donors (Lipinski definition) is 0. The van der Waals surface area contributed by atoms with Crippen molar-refractivity contribution in [1.29, 1.82) is 0 Å². The number of hydrogen-bond acceptors (Lipinski definition) is 4. The highest BCUT2D eigenvalue weighted by Gasteiger charge is 2.32. The molecule has 2 unspecified atom stereocenters. The Bertz CT molecular complexity index is 605. The SMILES string of the molecule is CCOC(=O)C1CCCN(C(=O)CN2CCCC2Cc2ccccc2)C1. The van der Waals surface area contributed by atoms with Crippen LogP contribution in [-0.2, 0) is 20.7 Å². The maximum Gasteiger partial charge on any atom is 0.310 e. The summed E-state index contributed by atoms with van der Waals surface area (Å²) in [5.41, 5.74) is 1.33. The maximum atomic E-state index is 12.8. The molecule has 1 aromatic rings. The lowest BCUT2D eigenvalue weighted by Gasteiger charge is -2.33. The molecular formula is C21H30N2O3. The van der Waals surface area contributed by atoms with Gasteiger partial charge in [-0.05, 0) is 51.1 Å². The maximum absolute atomic E-state index is 12.8. The van der Waals surface area contributed by atoms with E-state index in [-0.39, 0.29) is 17.8 Å². The van der Waals surface area contributed by atoms with Crippen molar-refractivity contribution >= 4 is 11.9 Å². The molecule has 0 N–H and O–H groups in total. The zero-order valence-corrected chi connectivity index (χ0v) is 15.7. The van der Waals surface area contributed by atoms with Gasteiger partial charge in [0.05, 0.1) is 19.1 Å². The summed E-state index contributed by atoms with van der Waals surface area (Å²) >= 11 is 0. The summed E-state index contributed by atoms with van der Waals surface area (Å²) in [7, 11) is 0. The monoisotopic (exact) mass is 358 g/mol. The number of likely N-dealkylation sites (tertiary alicyclic amines) is 2. The van der Waals surface area contributed by atoms with E-state index < -0.39 is 0 Å². The van der Waals surface area contributed by atoms with Crippen molar-refractivity contribution in [3.8, 4) is 0 Å². The summed E-state index contributed by atoms with van der Waals surface area (Å²) in [4.78, 5) is 29.0. The lowest BCUT2D eigenvalue weighted by molar-refractivity contribution is -0.151. The average molecular weight is 358 g/mol. The van der Waals surface area contributed by atoms with E-state index in [2.05, 4.69) is 29.2 Å². The fourth-order valence-corrected chi connectivity index (χ4v) is 4.15. The van der Waals surface area contributed by atoms with E-state index >= 15 is 0 Å². The Labute approximate surface area is 156 Å². The van der Waals surface area contributed by atoms with Gasteiger partial charge in [-0.2, -0.15) is 0 Å². The average Bonchev–Trinajstić information content (AvgIpc) is 3.09. The Balaban J connectivity index is 1.54. The van der Waals surface area contributed by atoms with Gasteiger partial charge in [-0.15, -0.1) is 0 Å². The first-order valence-corrected chi connectivity index (χ1v) is 9.89. The Morgan fingerprint density at radius 3 is 2.65 bits per heavy atom. The lowest BCUT2D eigenvalue weighted by atomic mass is 9.98. The van der Waals surface area contributed by atoms with Gasteiger partial charge in [-0.1, -0.05) is 30.3 Å². The zero-order chi connectivity index (χ0) is 18.4. The van der Waals surface area contributed by atoms with E-state index in [4.69, 9.17) is 4.74 Å². The molecule has 1 amide bonds. The first-order chi connectivity index (χ1) is 12.7. The molecular weight excluding hydrogens is 328 g/mol. The van der Waals surface area contributed by atoms with Crippen LogP contribution in [-0.4, -0.2) is 60.5 Å². The molecule has 0 saturated carbocycles. The summed E-state index contributed by atoms with van der Waals surface area (Å²) in [6, 6.07) is 10.9. The normalized spacial score (nSPS) is 23.8. The Hall–Kier alpha value is -1.88. The molecule has 2 aliphatic heterocycles. The summed E-state index contributed by atoms with van der Waals surface area (Å²) < 4.78 is 5.14. The smallest absolute Gasteiger partial charge is 0.310 e. The van der Waals surface area contributed by atoms with E-state index in [0.29, 0.717) is 25.7 Å². The number of piperidine rings is 1. The lowest BCUT2D eigenvalue weighted by Crippen LogP contribution is -2.47. The van der Waals surface area contributed by atoms with Crippen molar-refractivity contribution in [2.24, 2.45) is 5.92 Å². The topological polar surface area (TPSA) is 49.9 Å². The van der Waals surface area contributed by atoms with Crippen LogP contribution in [0.1, 0.15) is 38.2 Å². The van der Waals surface area contributed by atoms with E-state index in [9.17, 15) is 9.59 Å². The van der Waals surface area contributed by atoms with Crippen molar-refractivity contribution in [3.63, 3.8) is 0 Å². The molecule has 0 spiro atoms. The largest absolute Gasteiger partial charge is 0.466 e. The zero-order valence-electron chi connectivity index (χ0n) is 15.7. The van der Waals surface area contributed by atoms with Crippen LogP contribution in [0.25, 0.3) is 0 Å². The summed E-state index contributed by atoms with van der Waals surface area (Å²) in [6.07, 6.45) is 5.00.